The zero-order chi connectivity index (χ0) is 15.0. The van der Waals surface area contributed by atoms with Crippen molar-refractivity contribution in [1.82, 2.24) is 14.6 Å². The van der Waals surface area contributed by atoms with Gasteiger partial charge < -0.3 is 10.0 Å². The maximum Gasteiger partial charge on any atom is 0.306 e. The molecule has 0 aliphatic carbocycles. The number of nitrogens with zero attached hydrogens (tertiary/aromatic N) is 4. The molecule has 0 spiro atoms. The van der Waals surface area contributed by atoms with Gasteiger partial charge in [0.2, 0.25) is 10.1 Å². The van der Waals surface area contributed by atoms with E-state index in [0.717, 1.165) is 10.8 Å². The number of aromatic nitrogens is 3. The van der Waals surface area contributed by atoms with E-state index in [1.165, 1.54) is 21.9 Å². The molecule has 0 atom stereocenters. The minimum absolute atomic E-state index is 0.167. The van der Waals surface area contributed by atoms with E-state index in [1.807, 2.05) is 11.8 Å². The van der Waals surface area contributed by atoms with Crippen LogP contribution < -0.4 is 10.5 Å². The van der Waals surface area contributed by atoms with Gasteiger partial charge in [-0.25, -0.2) is 4.98 Å². The molecule has 1 aliphatic heterocycles. The molecule has 0 radical (unpaired) electrons. The summed E-state index contributed by atoms with van der Waals surface area (Å²) < 4.78 is 1.32. The Hall–Kier alpha value is -1.96. The summed E-state index contributed by atoms with van der Waals surface area (Å²) >= 11 is 1.38. The first-order valence-electron chi connectivity index (χ1n) is 6.96. The van der Waals surface area contributed by atoms with E-state index in [4.69, 9.17) is 5.11 Å². The number of hydrogen-bond donors (Lipinski definition) is 1. The van der Waals surface area contributed by atoms with Gasteiger partial charge in [-0.05, 0) is 19.3 Å². The molecule has 0 aromatic carbocycles. The number of carboxylic acids is 1. The SMILES string of the molecule is CCc1cc(=O)n2nc(N3CCC(C(=O)O)CC3)sc2n1. The number of hydrogen-bond acceptors (Lipinski definition) is 6. The highest BCUT2D eigenvalue weighted by molar-refractivity contribution is 7.20. The highest BCUT2D eigenvalue weighted by atomic mass is 32.1. The van der Waals surface area contributed by atoms with Gasteiger partial charge in [0.25, 0.3) is 5.56 Å². The predicted molar refractivity (Wildman–Crippen MR) is 79.1 cm³/mol. The predicted octanol–water partition coefficient (Wildman–Crippen LogP) is 1.01. The average molecular weight is 308 g/mol. The highest BCUT2D eigenvalue weighted by Crippen LogP contribution is 2.26. The normalized spacial score (nSPS) is 16.5. The summed E-state index contributed by atoms with van der Waals surface area (Å²) in [5.41, 5.74) is 0.597. The van der Waals surface area contributed by atoms with Crippen LogP contribution in [0.25, 0.3) is 4.96 Å². The molecular weight excluding hydrogens is 292 g/mol. The first kappa shape index (κ1) is 14.0. The van der Waals surface area contributed by atoms with E-state index >= 15 is 0 Å². The fourth-order valence-electron chi connectivity index (χ4n) is 2.47. The average Bonchev–Trinajstić information content (AvgIpc) is 2.91. The molecule has 1 fully saturated rings. The summed E-state index contributed by atoms with van der Waals surface area (Å²) in [7, 11) is 0. The lowest BCUT2D eigenvalue weighted by atomic mass is 9.98. The molecule has 3 heterocycles. The fraction of sp³-hybridized carbons (Fsp3) is 0.538. The monoisotopic (exact) mass is 308 g/mol. The fourth-order valence-corrected chi connectivity index (χ4v) is 3.45. The minimum atomic E-state index is -0.732. The zero-order valence-corrected chi connectivity index (χ0v) is 12.5. The minimum Gasteiger partial charge on any atom is -0.481 e. The molecule has 0 amide bonds. The molecule has 1 N–H and O–H groups in total. The van der Waals surface area contributed by atoms with Crippen LogP contribution in [0, 0.1) is 5.92 Å². The third kappa shape index (κ3) is 2.63. The van der Waals surface area contributed by atoms with Gasteiger partial charge >= 0.3 is 5.97 Å². The summed E-state index contributed by atoms with van der Waals surface area (Å²) in [6, 6.07) is 1.51. The van der Waals surface area contributed by atoms with Crippen LogP contribution in [0.2, 0.25) is 0 Å². The van der Waals surface area contributed by atoms with Crippen molar-refractivity contribution in [2.45, 2.75) is 26.2 Å². The Morgan fingerprint density at radius 2 is 2.19 bits per heavy atom. The Morgan fingerprint density at radius 1 is 1.48 bits per heavy atom. The standard InChI is InChI=1S/C13H16N4O3S/c1-2-9-7-10(18)17-12(14-9)21-13(15-17)16-5-3-8(4-6-16)11(19)20/h7-8H,2-6H2,1H3,(H,19,20). The molecule has 0 saturated carbocycles. The Bertz CT molecular complexity index is 731. The number of rotatable bonds is 3. The zero-order valence-electron chi connectivity index (χ0n) is 11.7. The van der Waals surface area contributed by atoms with Gasteiger partial charge in [0.1, 0.15) is 0 Å². The molecule has 21 heavy (non-hydrogen) atoms. The summed E-state index contributed by atoms with van der Waals surface area (Å²) in [6.45, 7) is 3.25. The third-order valence-corrected chi connectivity index (χ3v) is 4.73. The van der Waals surface area contributed by atoms with Gasteiger partial charge in [0.15, 0.2) is 0 Å². The van der Waals surface area contributed by atoms with Crippen LogP contribution >= 0.6 is 11.3 Å². The van der Waals surface area contributed by atoms with E-state index in [1.54, 1.807) is 0 Å². The number of carbonyl (C=O) groups is 1. The summed E-state index contributed by atoms with van der Waals surface area (Å²) in [5.74, 6) is -1.01. The van der Waals surface area contributed by atoms with E-state index in [-0.39, 0.29) is 11.5 Å². The highest BCUT2D eigenvalue weighted by Gasteiger charge is 2.26. The largest absolute Gasteiger partial charge is 0.481 e. The van der Waals surface area contributed by atoms with Crippen molar-refractivity contribution in [1.29, 1.82) is 0 Å². The maximum absolute atomic E-state index is 12.0. The van der Waals surface area contributed by atoms with Crippen molar-refractivity contribution < 1.29 is 9.90 Å². The topological polar surface area (TPSA) is 87.8 Å². The number of aryl methyl sites for hydroxylation is 1. The number of piperidine rings is 1. The molecule has 0 unspecified atom stereocenters. The molecule has 3 rings (SSSR count). The van der Waals surface area contributed by atoms with Crippen LogP contribution in [0.15, 0.2) is 10.9 Å². The van der Waals surface area contributed by atoms with Gasteiger partial charge in [-0.15, -0.1) is 5.10 Å². The first-order valence-corrected chi connectivity index (χ1v) is 7.77. The molecule has 112 valence electrons. The number of fused-ring (bicyclic) bond motifs is 1. The summed E-state index contributed by atoms with van der Waals surface area (Å²) in [6.07, 6.45) is 1.92. The maximum atomic E-state index is 12.0. The second-order valence-corrected chi connectivity index (χ2v) is 6.05. The van der Waals surface area contributed by atoms with Crippen LogP contribution in [0.3, 0.4) is 0 Å². The van der Waals surface area contributed by atoms with Crippen molar-refractivity contribution in [3.05, 3.63) is 22.1 Å². The van der Waals surface area contributed by atoms with Crippen LogP contribution in [-0.4, -0.2) is 38.8 Å². The molecule has 1 saturated heterocycles. The lowest BCUT2D eigenvalue weighted by Crippen LogP contribution is -2.36. The lowest BCUT2D eigenvalue weighted by molar-refractivity contribution is -0.142. The van der Waals surface area contributed by atoms with Gasteiger partial charge in [0.05, 0.1) is 5.92 Å². The smallest absolute Gasteiger partial charge is 0.306 e. The van der Waals surface area contributed by atoms with E-state index < -0.39 is 5.97 Å². The Balaban J connectivity index is 1.87. The molecule has 0 bridgehead atoms. The molecule has 2 aromatic heterocycles. The summed E-state index contributed by atoms with van der Waals surface area (Å²) in [5, 5.41) is 14.1. The molecular formula is C13H16N4O3S. The Labute approximate surface area is 124 Å². The van der Waals surface area contributed by atoms with Crippen LogP contribution in [0.1, 0.15) is 25.5 Å². The first-order chi connectivity index (χ1) is 10.1. The van der Waals surface area contributed by atoms with Crippen molar-refractivity contribution in [3.63, 3.8) is 0 Å². The molecule has 1 aliphatic rings. The number of aliphatic carboxylic acids is 1. The quantitative estimate of drug-likeness (QED) is 0.910. The van der Waals surface area contributed by atoms with Gasteiger partial charge in [0, 0.05) is 24.8 Å². The second kappa shape index (κ2) is 5.44. The molecule has 8 heteroatoms. The van der Waals surface area contributed by atoms with Crippen molar-refractivity contribution in [2.75, 3.05) is 18.0 Å². The lowest BCUT2D eigenvalue weighted by Gasteiger charge is -2.29. The molecule has 2 aromatic rings. The van der Waals surface area contributed by atoms with Crippen LogP contribution in [-0.2, 0) is 11.2 Å². The van der Waals surface area contributed by atoms with Crippen LogP contribution in [0.4, 0.5) is 5.13 Å². The van der Waals surface area contributed by atoms with Crippen molar-refractivity contribution in [3.8, 4) is 0 Å². The third-order valence-electron chi connectivity index (χ3n) is 3.76. The number of anilines is 1. The van der Waals surface area contributed by atoms with Gasteiger partial charge in [-0.2, -0.15) is 4.52 Å². The van der Waals surface area contributed by atoms with Crippen molar-refractivity contribution >= 4 is 27.4 Å². The van der Waals surface area contributed by atoms with Gasteiger partial charge in [-0.3, -0.25) is 9.59 Å². The van der Waals surface area contributed by atoms with Gasteiger partial charge in [-0.1, -0.05) is 18.3 Å². The van der Waals surface area contributed by atoms with E-state index in [0.29, 0.717) is 37.3 Å². The second-order valence-electron chi connectivity index (χ2n) is 5.12. The van der Waals surface area contributed by atoms with E-state index in [2.05, 4.69) is 10.1 Å². The van der Waals surface area contributed by atoms with Crippen LogP contribution in [0.5, 0.6) is 0 Å². The Morgan fingerprint density at radius 3 is 2.81 bits per heavy atom. The Kier molecular flexibility index (Phi) is 3.62. The van der Waals surface area contributed by atoms with Crippen molar-refractivity contribution in [2.24, 2.45) is 5.92 Å². The number of carboxylic acid groups (broad SMARTS) is 1. The summed E-state index contributed by atoms with van der Waals surface area (Å²) in [4.78, 5) is 30.0. The van der Waals surface area contributed by atoms with E-state index in [9.17, 15) is 9.59 Å². The molecule has 7 nitrogen and oxygen atoms in total.